The van der Waals surface area contributed by atoms with Gasteiger partial charge in [-0.25, -0.2) is 8.42 Å². The molecule has 1 aromatic carbocycles. The highest BCUT2D eigenvalue weighted by Gasteiger charge is 2.18. The number of hydrogen-bond acceptors (Lipinski definition) is 4. The lowest BCUT2D eigenvalue weighted by Gasteiger charge is -2.08. The maximum absolute atomic E-state index is 12.0. The lowest BCUT2D eigenvalue weighted by Crippen LogP contribution is -2.41. The third-order valence-corrected chi connectivity index (χ3v) is 5.74. The summed E-state index contributed by atoms with van der Waals surface area (Å²) in [6.45, 7) is 1.76. The van der Waals surface area contributed by atoms with Crippen LogP contribution in [0, 0.1) is 6.92 Å². The SMILES string of the molecule is Cc1csc(C(=O)NNS(=O)(=O)c2ccc(Cl)cc2)c1Cl. The number of amides is 1. The summed E-state index contributed by atoms with van der Waals surface area (Å²) in [5.74, 6) is -0.615. The van der Waals surface area contributed by atoms with Crippen LogP contribution in [0.25, 0.3) is 0 Å². The van der Waals surface area contributed by atoms with Gasteiger partial charge in [-0.05, 0) is 42.1 Å². The summed E-state index contributed by atoms with van der Waals surface area (Å²) in [6, 6.07) is 5.55. The van der Waals surface area contributed by atoms with Crippen LogP contribution in [0.1, 0.15) is 15.2 Å². The summed E-state index contributed by atoms with van der Waals surface area (Å²) < 4.78 is 23.9. The van der Waals surface area contributed by atoms with E-state index in [0.717, 1.165) is 16.9 Å². The van der Waals surface area contributed by atoms with E-state index in [-0.39, 0.29) is 9.77 Å². The number of aryl methyl sites for hydroxylation is 1. The lowest BCUT2D eigenvalue weighted by molar-refractivity contribution is 0.0949. The highest BCUT2D eigenvalue weighted by molar-refractivity contribution is 7.89. The van der Waals surface area contributed by atoms with Gasteiger partial charge in [0.05, 0.1) is 9.92 Å². The molecular formula is C12H10Cl2N2O3S2. The topological polar surface area (TPSA) is 75.3 Å². The molecule has 1 aromatic heterocycles. The Bertz CT molecular complexity index is 770. The average Bonchev–Trinajstić information content (AvgIpc) is 2.77. The molecule has 0 saturated carbocycles. The van der Waals surface area contributed by atoms with Crippen LogP contribution in [-0.4, -0.2) is 14.3 Å². The molecule has 0 fully saturated rings. The molecule has 1 heterocycles. The van der Waals surface area contributed by atoms with Crippen LogP contribution in [0.2, 0.25) is 10.0 Å². The Hall–Kier alpha value is -1.12. The van der Waals surface area contributed by atoms with Crippen molar-refractivity contribution in [3.63, 3.8) is 0 Å². The molecule has 5 nitrogen and oxygen atoms in total. The summed E-state index contributed by atoms with van der Waals surface area (Å²) in [5.41, 5.74) is 2.88. The smallest absolute Gasteiger partial charge is 0.273 e. The molecule has 0 atom stereocenters. The number of hydrazine groups is 1. The largest absolute Gasteiger partial charge is 0.277 e. The fraction of sp³-hybridized carbons (Fsp3) is 0.0833. The normalized spacial score (nSPS) is 11.4. The molecule has 0 radical (unpaired) electrons. The van der Waals surface area contributed by atoms with Crippen LogP contribution < -0.4 is 10.3 Å². The van der Waals surface area contributed by atoms with Gasteiger partial charge in [0.25, 0.3) is 15.9 Å². The zero-order valence-corrected chi connectivity index (χ0v) is 13.8. The average molecular weight is 365 g/mol. The van der Waals surface area contributed by atoms with Crippen LogP contribution in [0.5, 0.6) is 0 Å². The van der Waals surface area contributed by atoms with Crippen molar-refractivity contribution in [2.75, 3.05) is 0 Å². The highest BCUT2D eigenvalue weighted by Crippen LogP contribution is 2.26. The molecule has 112 valence electrons. The second-order valence-electron chi connectivity index (χ2n) is 4.08. The number of carbonyl (C=O) groups is 1. The molecule has 0 aliphatic rings. The van der Waals surface area contributed by atoms with Gasteiger partial charge in [0.15, 0.2) is 0 Å². The van der Waals surface area contributed by atoms with Gasteiger partial charge < -0.3 is 0 Å². The molecule has 0 bridgehead atoms. The summed E-state index contributed by atoms with van der Waals surface area (Å²) >= 11 is 12.8. The first-order valence-electron chi connectivity index (χ1n) is 5.62. The summed E-state index contributed by atoms with van der Waals surface area (Å²) in [6.07, 6.45) is 0. The van der Waals surface area contributed by atoms with E-state index in [1.165, 1.54) is 24.3 Å². The third kappa shape index (κ3) is 3.75. The van der Waals surface area contributed by atoms with Crippen LogP contribution in [-0.2, 0) is 10.0 Å². The van der Waals surface area contributed by atoms with Crippen molar-refractivity contribution >= 4 is 50.5 Å². The Kier molecular flexibility index (Phi) is 4.90. The van der Waals surface area contributed by atoms with Gasteiger partial charge in [-0.2, -0.15) is 0 Å². The molecule has 1 amide bonds. The minimum atomic E-state index is -3.87. The molecule has 2 N–H and O–H groups in total. The van der Waals surface area contributed by atoms with Crippen LogP contribution in [0.3, 0.4) is 0 Å². The molecule has 21 heavy (non-hydrogen) atoms. The predicted molar refractivity (Wildman–Crippen MR) is 83.3 cm³/mol. The number of benzene rings is 1. The Morgan fingerprint density at radius 1 is 1.19 bits per heavy atom. The van der Waals surface area contributed by atoms with Crippen LogP contribution >= 0.6 is 34.5 Å². The first-order valence-corrected chi connectivity index (χ1v) is 8.74. The fourth-order valence-electron chi connectivity index (χ4n) is 1.43. The van der Waals surface area contributed by atoms with E-state index in [0.29, 0.717) is 10.0 Å². The number of thiophene rings is 1. The van der Waals surface area contributed by atoms with Crippen molar-refractivity contribution < 1.29 is 13.2 Å². The lowest BCUT2D eigenvalue weighted by atomic mass is 10.3. The fourth-order valence-corrected chi connectivity index (χ4v) is 3.57. The van der Waals surface area contributed by atoms with Crippen molar-refractivity contribution in [2.24, 2.45) is 0 Å². The standard InChI is InChI=1S/C12H10Cl2N2O3S2/c1-7-6-20-11(10(7)14)12(17)15-16-21(18,19)9-4-2-8(13)3-5-9/h2-6,16H,1H3,(H,15,17). The van der Waals surface area contributed by atoms with E-state index >= 15 is 0 Å². The van der Waals surface area contributed by atoms with Gasteiger partial charge in [-0.3, -0.25) is 10.2 Å². The van der Waals surface area contributed by atoms with Gasteiger partial charge in [0, 0.05) is 5.02 Å². The number of sulfonamides is 1. The number of rotatable bonds is 4. The molecule has 0 unspecified atom stereocenters. The van der Waals surface area contributed by atoms with E-state index in [9.17, 15) is 13.2 Å². The van der Waals surface area contributed by atoms with Gasteiger partial charge in [0.2, 0.25) is 0 Å². The predicted octanol–water partition coefficient (Wildman–Crippen LogP) is 2.99. The Morgan fingerprint density at radius 3 is 2.33 bits per heavy atom. The number of carbonyl (C=O) groups excluding carboxylic acids is 1. The van der Waals surface area contributed by atoms with Crippen molar-refractivity contribution in [3.05, 3.63) is 50.1 Å². The maximum atomic E-state index is 12.0. The minimum absolute atomic E-state index is 0.0133. The van der Waals surface area contributed by atoms with Gasteiger partial charge in [-0.1, -0.05) is 23.2 Å². The quantitative estimate of drug-likeness (QED) is 0.818. The van der Waals surface area contributed by atoms with Gasteiger partial charge in [-0.15, -0.1) is 16.2 Å². The molecule has 0 saturated heterocycles. The molecule has 9 heteroatoms. The first-order chi connectivity index (χ1) is 9.81. The molecule has 2 rings (SSSR count). The molecule has 0 spiro atoms. The number of hydrogen-bond donors (Lipinski definition) is 2. The first kappa shape index (κ1) is 16.3. The molecular weight excluding hydrogens is 355 g/mol. The summed E-state index contributed by atoms with van der Waals surface area (Å²) in [5, 5.41) is 2.44. The Balaban J connectivity index is 2.10. The summed E-state index contributed by atoms with van der Waals surface area (Å²) in [7, 11) is -3.87. The van der Waals surface area contributed by atoms with Crippen molar-refractivity contribution in [1.29, 1.82) is 0 Å². The highest BCUT2D eigenvalue weighted by atomic mass is 35.5. The van der Waals surface area contributed by atoms with Crippen LogP contribution in [0.4, 0.5) is 0 Å². The van der Waals surface area contributed by atoms with E-state index < -0.39 is 15.9 Å². The zero-order valence-electron chi connectivity index (χ0n) is 10.7. The molecule has 0 aliphatic carbocycles. The van der Waals surface area contributed by atoms with E-state index in [2.05, 4.69) is 5.43 Å². The van der Waals surface area contributed by atoms with Crippen LogP contribution in [0.15, 0.2) is 34.5 Å². The Labute approximate surface area is 135 Å². The molecule has 2 aromatic rings. The monoisotopic (exact) mass is 364 g/mol. The Morgan fingerprint density at radius 2 is 1.81 bits per heavy atom. The zero-order chi connectivity index (χ0) is 15.6. The third-order valence-electron chi connectivity index (χ3n) is 2.53. The maximum Gasteiger partial charge on any atom is 0.277 e. The van der Waals surface area contributed by atoms with E-state index in [4.69, 9.17) is 23.2 Å². The van der Waals surface area contributed by atoms with Gasteiger partial charge >= 0.3 is 0 Å². The minimum Gasteiger partial charge on any atom is -0.273 e. The second-order valence-corrected chi connectivity index (χ2v) is 7.45. The van der Waals surface area contributed by atoms with Crippen molar-refractivity contribution in [2.45, 2.75) is 11.8 Å². The summed E-state index contributed by atoms with van der Waals surface area (Å²) in [4.78, 5) is 14.1. The van der Waals surface area contributed by atoms with Gasteiger partial charge in [0.1, 0.15) is 4.88 Å². The van der Waals surface area contributed by atoms with Crippen molar-refractivity contribution in [1.82, 2.24) is 10.3 Å². The second kappa shape index (κ2) is 6.33. The number of nitrogens with one attached hydrogen (secondary N) is 2. The molecule has 0 aliphatic heterocycles. The van der Waals surface area contributed by atoms with Crippen molar-refractivity contribution in [3.8, 4) is 0 Å². The van der Waals surface area contributed by atoms with E-state index in [1.807, 2.05) is 4.83 Å². The number of halogens is 2. The van der Waals surface area contributed by atoms with E-state index in [1.54, 1.807) is 12.3 Å².